The minimum atomic E-state index is 0.397. The summed E-state index contributed by atoms with van der Waals surface area (Å²) in [6, 6.07) is 0. The Morgan fingerprint density at radius 2 is 2.55 bits per heavy atom. The molecule has 0 amide bonds. The average Bonchev–Trinajstić information content (AvgIpc) is 2.50. The number of rotatable bonds is 4. The lowest BCUT2D eigenvalue weighted by Gasteiger charge is -2.01. The molecule has 0 bridgehead atoms. The molecule has 1 atom stereocenters. The quantitative estimate of drug-likeness (QED) is 0.488. The maximum Gasteiger partial charge on any atom is 0.0757 e. The number of nitrogens with one attached hydrogen (secondary N) is 1. The van der Waals surface area contributed by atoms with Crippen molar-refractivity contribution in [2.75, 3.05) is 19.7 Å². The Balaban J connectivity index is 2.03. The molecule has 11 heavy (non-hydrogen) atoms. The summed E-state index contributed by atoms with van der Waals surface area (Å²) in [6.07, 6.45) is 7.13. The van der Waals surface area contributed by atoms with Gasteiger partial charge in [0.05, 0.1) is 6.10 Å². The van der Waals surface area contributed by atoms with E-state index in [1.54, 1.807) is 0 Å². The summed E-state index contributed by atoms with van der Waals surface area (Å²) < 4.78 is 5.42. The van der Waals surface area contributed by atoms with Crippen LogP contribution in [0, 0.1) is 0 Å². The van der Waals surface area contributed by atoms with Crippen LogP contribution in [0.25, 0.3) is 0 Å². The van der Waals surface area contributed by atoms with Crippen molar-refractivity contribution in [3.63, 3.8) is 0 Å². The smallest absolute Gasteiger partial charge is 0.0757 e. The summed E-state index contributed by atoms with van der Waals surface area (Å²) in [5.41, 5.74) is 0. The molecule has 1 saturated heterocycles. The highest BCUT2D eigenvalue weighted by Gasteiger charge is 2.10. The second-order valence-electron chi connectivity index (χ2n) is 2.79. The van der Waals surface area contributed by atoms with E-state index >= 15 is 0 Å². The van der Waals surface area contributed by atoms with Crippen molar-refractivity contribution in [3.8, 4) is 0 Å². The zero-order chi connectivity index (χ0) is 7.94. The molecule has 2 heteroatoms. The summed E-state index contributed by atoms with van der Waals surface area (Å²) >= 11 is 0. The molecule has 0 radical (unpaired) electrons. The maximum atomic E-state index is 5.42. The monoisotopic (exact) mass is 155 g/mol. The standard InChI is InChI=1S/C9H17NO/c1-2-10-7-3-5-9-6-4-8-11-9/h3,5,9-10H,2,4,6-8H2,1H3/b5-3+. The van der Waals surface area contributed by atoms with Gasteiger partial charge < -0.3 is 10.1 Å². The molecule has 1 unspecified atom stereocenters. The largest absolute Gasteiger partial charge is 0.374 e. The Bertz CT molecular complexity index is 117. The minimum Gasteiger partial charge on any atom is -0.374 e. The predicted molar refractivity (Wildman–Crippen MR) is 46.7 cm³/mol. The number of ether oxygens (including phenoxy) is 1. The first-order chi connectivity index (χ1) is 5.43. The van der Waals surface area contributed by atoms with Crippen LogP contribution in [-0.2, 0) is 4.74 Å². The highest BCUT2D eigenvalue weighted by atomic mass is 16.5. The van der Waals surface area contributed by atoms with Crippen LogP contribution in [0.5, 0.6) is 0 Å². The van der Waals surface area contributed by atoms with Gasteiger partial charge >= 0.3 is 0 Å². The molecule has 1 heterocycles. The molecule has 0 aromatic rings. The Kier molecular flexibility index (Phi) is 4.24. The number of hydrogen-bond donors (Lipinski definition) is 1. The zero-order valence-electron chi connectivity index (χ0n) is 7.18. The van der Waals surface area contributed by atoms with Crippen molar-refractivity contribution < 1.29 is 4.74 Å². The lowest BCUT2D eigenvalue weighted by atomic mass is 10.2. The Hall–Kier alpha value is -0.340. The third-order valence-corrected chi connectivity index (χ3v) is 1.83. The molecule has 0 aliphatic carbocycles. The van der Waals surface area contributed by atoms with Crippen molar-refractivity contribution >= 4 is 0 Å². The normalized spacial score (nSPS) is 25.0. The second-order valence-corrected chi connectivity index (χ2v) is 2.79. The van der Waals surface area contributed by atoms with Crippen LogP contribution in [0.2, 0.25) is 0 Å². The van der Waals surface area contributed by atoms with Gasteiger partial charge in [0.15, 0.2) is 0 Å². The van der Waals surface area contributed by atoms with Crippen LogP contribution in [0.4, 0.5) is 0 Å². The van der Waals surface area contributed by atoms with E-state index in [4.69, 9.17) is 4.74 Å². The summed E-state index contributed by atoms with van der Waals surface area (Å²) in [6.45, 7) is 5.06. The van der Waals surface area contributed by atoms with E-state index in [0.29, 0.717) is 6.10 Å². The van der Waals surface area contributed by atoms with Gasteiger partial charge in [0.25, 0.3) is 0 Å². The molecule has 2 nitrogen and oxygen atoms in total. The molecular weight excluding hydrogens is 138 g/mol. The van der Waals surface area contributed by atoms with Crippen molar-refractivity contribution in [2.45, 2.75) is 25.9 Å². The van der Waals surface area contributed by atoms with Gasteiger partial charge in [-0.05, 0) is 19.4 Å². The molecular formula is C9H17NO. The highest BCUT2D eigenvalue weighted by Crippen LogP contribution is 2.12. The van der Waals surface area contributed by atoms with Crippen LogP contribution < -0.4 is 5.32 Å². The molecule has 1 N–H and O–H groups in total. The van der Waals surface area contributed by atoms with Gasteiger partial charge in [0.1, 0.15) is 0 Å². The first kappa shape index (κ1) is 8.75. The van der Waals surface area contributed by atoms with Crippen molar-refractivity contribution in [2.24, 2.45) is 0 Å². The Morgan fingerprint density at radius 1 is 1.64 bits per heavy atom. The van der Waals surface area contributed by atoms with E-state index in [-0.39, 0.29) is 0 Å². The Labute approximate surface area is 68.6 Å². The topological polar surface area (TPSA) is 21.3 Å². The first-order valence-electron chi connectivity index (χ1n) is 4.42. The fourth-order valence-corrected chi connectivity index (χ4v) is 1.20. The van der Waals surface area contributed by atoms with Gasteiger partial charge in [-0.1, -0.05) is 19.1 Å². The van der Waals surface area contributed by atoms with E-state index in [1.165, 1.54) is 12.8 Å². The molecule has 0 aromatic heterocycles. The number of likely N-dealkylation sites (N-methyl/N-ethyl adjacent to an activating group) is 1. The summed E-state index contributed by atoms with van der Waals surface area (Å²) in [7, 11) is 0. The van der Waals surface area contributed by atoms with Gasteiger partial charge in [-0.15, -0.1) is 0 Å². The highest BCUT2D eigenvalue weighted by molar-refractivity contribution is 4.92. The molecule has 0 saturated carbocycles. The fraction of sp³-hybridized carbons (Fsp3) is 0.778. The zero-order valence-corrected chi connectivity index (χ0v) is 7.18. The van der Waals surface area contributed by atoms with Crippen molar-refractivity contribution in [1.29, 1.82) is 0 Å². The Morgan fingerprint density at radius 3 is 3.18 bits per heavy atom. The lowest BCUT2D eigenvalue weighted by Crippen LogP contribution is -2.12. The van der Waals surface area contributed by atoms with E-state index in [9.17, 15) is 0 Å². The minimum absolute atomic E-state index is 0.397. The van der Waals surface area contributed by atoms with Crippen LogP contribution in [0.3, 0.4) is 0 Å². The van der Waals surface area contributed by atoms with Crippen molar-refractivity contribution in [1.82, 2.24) is 5.32 Å². The van der Waals surface area contributed by atoms with Crippen molar-refractivity contribution in [3.05, 3.63) is 12.2 Å². The van der Waals surface area contributed by atoms with Crippen LogP contribution in [0.15, 0.2) is 12.2 Å². The number of hydrogen-bond acceptors (Lipinski definition) is 2. The molecule has 1 rings (SSSR count). The van der Waals surface area contributed by atoms with E-state index in [1.807, 2.05) is 0 Å². The summed E-state index contributed by atoms with van der Waals surface area (Å²) in [5, 5.41) is 3.23. The molecule has 0 aromatic carbocycles. The lowest BCUT2D eigenvalue weighted by molar-refractivity contribution is 0.145. The van der Waals surface area contributed by atoms with Gasteiger partial charge in [0, 0.05) is 13.2 Å². The summed E-state index contributed by atoms with van der Waals surface area (Å²) in [5.74, 6) is 0. The molecule has 0 spiro atoms. The fourth-order valence-electron chi connectivity index (χ4n) is 1.20. The first-order valence-corrected chi connectivity index (χ1v) is 4.42. The van der Waals surface area contributed by atoms with Gasteiger partial charge in [0.2, 0.25) is 0 Å². The van der Waals surface area contributed by atoms with E-state index < -0.39 is 0 Å². The van der Waals surface area contributed by atoms with Crippen LogP contribution in [-0.4, -0.2) is 25.8 Å². The molecule has 1 aliphatic rings. The second kappa shape index (κ2) is 5.33. The van der Waals surface area contributed by atoms with Crippen LogP contribution in [0.1, 0.15) is 19.8 Å². The third kappa shape index (κ3) is 3.54. The van der Waals surface area contributed by atoms with Gasteiger partial charge in [-0.3, -0.25) is 0 Å². The van der Waals surface area contributed by atoms with Gasteiger partial charge in [-0.25, -0.2) is 0 Å². The van der Waals surface area contributed by atoms with E-state index in [0.717, 1.165) is 19.7 Å². The third-order valence-electron chi connectivity index (χ3n) is 1.83. The summed E-state index contributed by atoms with van der Waals surface area (Å²) in [4.78, 5) is 0. The predicted octanol–water partition coefficient (Wildman–Crippen LogP) is 1.33. The molecule has 64 valence electrons. The SMILES string of the molecule is CCNC/C=C/C1CCCO1. The maximum absolute atomic E-state index is 5.42. The van der Waals surface area contributed by atoms with Gasteiger partial charge in [-0.2, -0.15) is 0 Å². The van der Waals surface area contributed by atoms with Crippen LogP contribution >= 0.6 is 0 Å². The average molecular weight is 155 g/mol. The molecule has 1 fully saturated rings. The van der Waals surface area contributed by atoms with E-state index in [2.05, 4.69) is 24.4 Å². The molecule has 1 aliphatic heterocycles.